The van der Waals surface area contributed by atoms with E-state index in [4.69, 9.17) is 4.74 Å². The molecule has 2 fully saturated rings. The zero-order chi connectivity index (χ0) is 30.4. The van der Waals surface area contributed by atoms with Crippen LogP contribution in [0.4, 0.5) is 26.0 Å². The molecule has 0 saturated carbocycles. The fourth-order valence-electron chi connectivity index (χ4n) is 6.02. The summed E-state index contributed by atoms with van der Waals surface area (Å²) in [5, 5.41) is 17.0. The van der Waals surface area contributed by atoms with Crippen molar-refractivity contribution in [2.75, 3.05) is 54.9 Å². The molecule has 4 N–H and O–H groups in total. The van der Waals surface area contributed by atoms with Crippen molar-refractivity contribution in [1.82, 2.24) is 19.8 Å². The van der Waals surface area contributed by atoms with Crippen molar-refractivity contribution in [2.45, 2.75) is 49.7 Å². The van der Waals surface area contributed by atoms with Crippen LogP contribution >= 0.6 is 12.4 Å². The Kier molecular flexibility index (Phi) is 9.19. The summed E-state index contributed by atoms with van der Waals surface area (Å²) in [4.78, 5) is 15.4. The number of rotatable bonds is 8. The molecule has 44 heavy (non-hydrogen) atoms. The largest absolute Gasteiger partial charge is 0.383 e. The van der Waals surface area contributed by atoms with E-state index in [1.807, 2.05) is 12.1 Å². The van der Waals surface area contributed by atoms with Crippen molar-refractivity contribution in [3.05, 3.63) is 64.9 Å². The number of aromatic amines is 1. The highest BCUT2D eigenvalue weighted by atomic mass is 35.5. The van der Waals surface area contributed by atoms with E-state index in [9.17, 15) is 22.0 Å². The summed E-state index contributed by atoms with van der Waals surface area (Å²) in [6, 6.07) is 8.16. The Hall–Kier alpha value is -3.30. The van der Waals surface area contributed by atoms with Gasteiger partial charge in [-0.3, -0.25) is 9.89 Å². The molecule has 3 aliphatic heterocycles. The Morgan fingerprint density at radius 3 is 2.55 bits per heavy atom. The van der Waals surface area contributed by atoms with Gasteiger partial charge in [-0.1, -0.05) is 0 Å². The average Bonchev–Trinajstić information content (AvgIpc) is 3.70. The van der Waals surface area contributed by atoms with E-state index in [1.54, 1.807) is 19.9 Å². The number of halogens is 3. The lowest BCUT2D eigenvalue weighted by atomic mass is 10.0. The molecule has 238 valence electrons. The third-order valence-corrected chi connectivity index (χ3v) is 10.4. The van der Waals surface area contributed by atoms with Gasteiger partial charge >= 0.3 is 0 Å². The molecular formula is C29H36ClF2N7O4S. The van der Waals surface area contributed by atoms with Gasteiger partial charge in [0.1, 0.15) is 11.6 Å². The maximum Gasteiger partial charge on any atom is 0.258 e. The smallest absolute Gasteiger partial charge is 0.258 e. The monoisotopic (exact) mass is 651 g/mol. The number of hydrogen-bond donors (Lipinski definition) is 4. The van der Waals surface area contributed by atoms with Crippen LogP contribution in [0.15, 0.2) is 41.3 Å². The van der Waals surface area contributed by atoms with Crippen LogP contribution in [0, 0.1) is 11.6 Å². The number of aromatic nitrogens is 2. The predicted molar refractivity (Wildman–Crippen MR) is 165 cm³/mol. The highest BCUT2D eigenvalue weighted by Gasteiger charge is 2.48. The summed E-state index contributed by atoms with van der Waals surface area (Å²) >= 11 is 0. The molecule has 2 saturated heterocycles. The van der Waals surface area contributed by atoms with Crippen molar-refractivity contribution in [1.29, 1.82) is 0 Å². The molecule has 6 rings (SSSR count). The number of sulfonamides is 1. The molecule has 1 atom stereocenters. The van der Waals surface area contributed by atoms with E-state index in [-0.39, 0.29) is 24.8 Å². The number of H-pyrrole nitrogens is 1. The summed E-state index contributed by atoms with van der Waals surface area (Å²) in [6.07, 6.45) is 2.16. The first-order chi connectivity index (χ1) is 20.5. The Morgan fingerprint density at radius 1 is 1.14 bits per heavy atom. The maximum absolute atomic E-state index is 13.9. The minimum absolute atomic E-state index is 0. The zero-order valence-electron chi connectivity index (χ0n) is 24.5. The first-order valence-electron chi connectivity index (χ1n) is 14.4. The average molecular weight is 652 g/mol. The van der Waals surface area contributed by atoms with E-state index in [2.05, 4.69) is 31.0 Å². The third kappa shape index (κ3) is 6.13. The number of nitrogens with one attached hydrogen (secondary N) is 4. The number of carbonyl (C=O) groups excluding carboxylic acids is 1. The molecule has 0 aliphatic carbocycles. The van der Waals surface area contributed by atoms with Crippen LogP contribution in [0.1, 0.15) is 48.3 Å². The zero-order valence-corrected chi connectivity index (χ0v) is 26.1. The molecule has 3 aromatic rings. The number of morpholine rings is 1. The molecule has 0 spiro atoms. The second-order valence-electron chi connectivity index (χ2n) is 11.6. The Bertz CT molecular complexity index is 1620. The van der Waals surface area contributed by atoms with Gasteiger partial charge in [0.2, 0.25) is 10.0 Å². The Balaban J connectivity index is 0.00000384. The summed E-state index contributed by atoms with van der Waals surface area (Å²) in [6.45, 7) is 7.60. The third-order valence-electron chi connectivity index (χ3n) is 8.39. The molecule has 4 heterocycles. The minimum atomic E-state index is -4.30. The van der Waals surface area contributed by atoms with Gasteiger partial charge in [0.15, 0.2) is 5.82 Å². The van der Waals surface area contributed by atoms with E-state index in [1.165, 1.54) is 0 Å². The van der Waals surface area contributed by atoms with Crippen LogP contribution in [-0.2, 0) is 26.8 Å². The lowest BCUT2D eigenvalue weighted by Gasteiger charge is -2.30. The summed E-state index contributed by atoms with van der Waals surface area (Å²) in [5.41, 5.74) is 1.92. The van der Waals surface area contributed by atoms with E-state index in [0.29, 0.717) is 54.4 Å². The van der Waals surface area contributed by atoms with Gasteiger partial charge in [0.25, 0.3) is 5.91 Å². The van der Waals surface area contributed by atoms with Gasteiger partial charge in [-0.25, -0.2) is 17.2 Å². The lowest BCUT2D eigenvalue weighted by molar-refractivity contribution is 0.102. The number of benzene rings is 2. The maximum atomic E-state index is 13.9. The van der Waals surface area contributed by atoms with Crippen LogP contribution in [0.2, 0.25) is 0 Å². The lowest BCUT2D eigenvalue weighted by Crippen LogP contribution is -2.40. The highest BCUT2D eigenvalue weighted by Crippen LogP contribution is 2.44. The molecule has 2 aromatic carbocycles. The molecule has 0 unspecified atom stereocenters. The number of amides is 1. The standard InChI is InChI=1S/C29H35F2N7O4S.ClH/c1-29(2)26-24(17-38(29)43(40,41)22-13-18(30)12-19(31)14-22)27(36-35-26)34-28(39)23-6-5-21(37-8-10-42-11-9-37)15-25(23)33-16-20-4-3-7-32-20;/h5-6,12-15,20,32-33H,3-4,7-11,16-17H2,1-2H3,(H2,34,35,36,39);1H/t20-;/m1./s1. The second-order valence-corrected chi connectivity index (χ2v) is 13.4. The number of carbonyl (C=O) groups is 1. The van der Waals surface area contributed by atoms with Crippen LogP contribution in [0.3, 0.4) is 0 Å². The van der Waals surface area contributed by atoms with Crippen molar-refractivity contribution in [2.24, 2.45) is 0 Å². The number of fused-ring (bicyclic) bond motifs is 1. The van der Waals surface area contributed by atoms with Gasteiger partial charge in [-0.15, -0.1) is 12.4 Å². The van der Waals surface area contributed by atoms with E-state index >= 15 is 0 Å². The van der Waals surface area contributed by atoms with Gasteiger partial charge in [-0.05, 0) is 63.6 Å². The first kappa shape index (κ1) is 32.1. The topological polar surface area (TPSA) is 132 Å². The molecule has 0 radical (unpaired) electrons. The van der Waals surface area contributed by atoms with Gasteiger partial charge in [0, 0.05) is 55.2 Å². The number of hydrogen-bond acceptors (Lipinski definition) is 8. The molecule has 0 bridgehead atoms. The van der Waals surface area contributed by atoms with E-state index < -0.39 is 38.0 Å². The fraction of sp³-hybridized carbons (Fsp3) is 0.448. The fourth-order valence-corrected chi connectivity index (χ4v) is 7.79. The van der Waals surface area contributed by atoms with Crippen molar-refractivity contribution in [3.8, 4) is 0 Å². The SMILES string of the molecule is CC1(C)c2[nH]nc(NC(=O)c3ccc(N4CCOCC4)cc3NC[C@H]3CCCN3)c2CN1S(=O)(=O)c1cc(F)cc(F)c1.Cl. The number of anilines is 3. The van der Waals surface area contributed by atoms with Gasteiger partial charge in [0.05, 0.1) is 34.9 Å². The summed E-state index contributed by atoms with van der Waals surface area (Å²) in [7, 11) is -4.30. The van der Waals surface area contributed by atoms with Crippen LogP contribution in [0.25, 0.3) is 0 Å². The molecule has 11 nitrogen and oxygen atoms in total. The first-order valence-corrected chi connectivity index (χ1v) is 15.8. The summed E-state index contributed by atoms with van der Waals surface area (Å²) in [5.74, 6) is -2.19. The quantitative estimate of drug-likeness (QED) is 0.289. The van der Waals surface area contributed by atoms with Gasteiger partial charge in [-0.2, -0.15) is 9.40 Å². The normalized spacial score (nSPS) is 19.8. The van der Waals surface area contributed by atoms with E-state index in [0.717, 1.165) is 54.6 Å². The molecule has 1 amide bonds. The van der Waals surface area contributed by atoms with Crippen LogP contribution < -0.4 is 20.9 Å². The molecule has 15 heteroatoms. The number of ether oxygens (including phenoxy) is 1. The van der Waals surface area contributed by atoms with Crippen LogP contribution in [-0.4, -0.2) is 74.3 Å². The van der Waals surface area contributed by atoms with Crippen molar-refractivity contribution >= 4 is 45.5 Å². The summed E-state index contributed by atoms with van der Waals surface area (Å²) < 4.78 is 61.5. The van der Waals surface area contributed by atoms with Crippen LogP contribution in [0.5, 0.6) is 0 Å². The second kappa shape index (κ2) is 12.6. The molecular weight excluding hydrogens is 616 g/mol. The number of nitrogens with zero attached hydrogens (tertiary/aromatic N) is 3. The molecule has 3 aliphatic rings. The minimum Gasteiger partial charge on any atom is -0.383 e. The molecule has 1 aromatic heterocycles. The van der Waals surface area contributed by atoms with Crippen molar-refractivity contribution in [3.63, 3.8) is 0 Å². The van der Waals surface area contributed by atoms with Crippen molar-refractivity contribution < 1.29 is 26.7 Å². The Morgan fingerprint density at radius 2 is 1.86 bits per heavy atom. The highest BCUT2D eigenvalue weighted by molar-refractivity contribution is 7.89. The Labute approximate surface area is 261 Å². The van der Waals surface area contributed by atoms with Gasteiger partial charge < -0.3 is 25.6 Å². The predicted octanol–water partition coefficient (Wildman–Crippen LogP) is 3.80.